The molecule has 4 heterocycles. The van der Waals surface area contributed by atoms with Crippen LogP contribution < -0.4 is 9.47 Å². The number of hydrogen-bond acceptors (Lipinski definition) is 6. The third kappa shape index (κ3) is 6.44. The summed E-state index contributed by atoms with van der Waals surface area (Å²) < 4.78 is 33.2. The lowest BCUT2D eigenvalue weighted by Crippen LogP contribution is -2.48. The van der Waals surface area contributed by atoms with Crippen LogP contribution in [0, 0.1) is 5.82 Å². The van der Waals surface area contributed by atoms with Gasteiger partial charge < -0.3 is 28.3 Å². The summed E-state index contributed by atoms with van der Waals surface area (Å²) in [4.78, 5) is 32.2. The summed E-state index contributed by atoms with van der Waals surface area (Å²) in [6, 6.07) is 19.5. The van der Waals surface area contributed by atoms with E-state index in [0.717, 1.165) is 48.8 Å². The molecule has 2 aliphatic rings. The van der Waals surface area contributed by atoms with Crippen LogP contribution in [0.2, 0.25) is 0 Å². The lowest BCUT2D eigenvalue weighted by atomic mass is 10.1. The van der Waals surface area contributed by atoms with Gasteiger partial charge in [-0.2, -0.15) is 0 Å². The predicted octanol–water partition coefficient (Wildman–Crippen LogP) is 5.01. The minimum absolute atomic E-state index is 0.0667. The molecule has 2 aromatic heterocycles. The molecule has 4 aromatic rings. The number of benzene rings is 2. The lowest BCUT2D eigenvalue weighted by molar-refractivity contribution is 0.0595. The maximum absolute atomic E-state index is 14.3. The first-order valence-electron chi connectivity index (χ1n) is 14.6. The van der Waals surface area contributed by atoms with Crippen LogP contribution in [0.5, 0.6) is 11.5 Å². The maximum atomic E-state index is 14.3. The smallest absolute Gasteiger partial charge is 0.289 e. The van der Waals surface area contributed by atoms with E-state index in [9.17, 15) is 14.0 Å². The Morgan fingerprint density at radius 2 is 1.72 bits per heavy atom. The van der Waals surface area contributed by atoms with E-state index >= 15 is 0 Å². The van der Waals surface area contributed by atoms with E-state index in [4.69, 9.17) is 13.9 Å². The van der Waals surface area contributed by atoms with Crippen LogP contribution >= 0.6 is 0 Å². The summed E-state index contributed by atoms with van der Waals surface area (Å²) in [7, 11) is 0. The zero-order chi connectivity index (χ0) is 29.8. The molecular weight excluding hydrogens is 551 g/mol. The fourth-order valence-corrected chi connectivity index (χ4v) is 5.58. The average molecular weight is 587 g/mol. The molecule has 2 aromatic carbocycles. The predicted molar refractivity (Wildman–Crippen MR) is 157 cm³/mol. The standard InChI is InChI=1S/C33H35FN4O5/c1-2-13-38(32(39)27-7-3-4-8-28(27)34)21-25-6-5-14-37(25)22-26-10-12-30(43-26)33(40)36-17-15-35(16-18-36)20-24-9-11-29-31(19-24)42-23-41-29/h3-12,14,19H,2,13,15-18,20-23H2,1H3. The van der Waals surface area contributed by atoms with E-state index < -0.39 is 5.82 Å². The summed E-state index contributed by atoms with van der Waals surface area (Å²) in [5.41, 5.74) is 2.11. The van der Waals surface area contributed by atoms with Crippen LogP contribution in [0.1, 0.15) is 51.3 Å². The van der Waals surface area contributed by atoms with Crippen LogP contribution in [0.15, 0.2) is 77.3 Å². The van der Waals surface area contributed by atoms with Crippen molar-refractivity contribution in [3.63, 3.8) is 0 Å². The molecule has 6 rings (SSSR count). The summed E-state index contributed by atoms with van der Waals surface area (Å²) in [6.45, 7) is 7.03. The first-order valence-corrected chi connectivity index (χ1v) is 14.6. The molecule has 0 spiro atoms. The number of nitrogens with zero attached hydrogens (tertiary/aromatic N) is 4. The minimum Gasteiger partial charge on any atom is -0.454 e. The highest BCUT2D eigenvalue weighted by atomic mass is 19.1. The van der Waals surface area contributed by atoms with Crippen molar-refractivity contribution in [3.05, 3.63) is 107 Å². The molecule has 0 unspecified atom stereocenters. The Kier molecular flexibility index (Phi) is 8.46. The second kappa shape index (κ2) is 12.7. The maximum Gasteiger partial charge on any atom is 0.289 e. The molecule has 9 nitrogen and oxygen atoms in total. The Morgan fingerprint density at radius 1 is 0.907 bits per heavy atom. The molecule has 1 saturated heterocycles. The number of carbonyl (C=O) groups is 2. The van der Waals surface area contributed by atoms with Gasteiger partial charge in [0.25, 0.3) is 11.8 Å². The number of aromatic nitrogens is 1. The molecular formula is C33H35FN4O5. The van der Waals surface area contributed by atoms with Gasteiger partial charge in [0, 0.05) is 51.2 Å². The van der Waals surface area contributed by atoms with Crippen molar-refractivity contribution >= 4 is 11.8 Å². The normalized spacial score (nSPS) is 14.7. The number of amides is 2. The van der Waals surface area contributed by atoms with Crippen molar-refractivity contribution in [3.8, 4) is 11.5 Å². The van der Waals surface area contributed by atoms with Crippen molar-refractivity contribution in [1.82, 2.24) is 19.3 Å². The molecule has 0 bridgehead atoms. The molecule has 2 amide bonds. The van der Waals surface area contributed by atoms with E-state index in [0.29, 0.717) is 44.2 Å². The molecule has 43 heavy (non-hydrogen) atoms. The molecule has 2 aliphatic heterocycles. The van der Waals surface area contributed by atoms with Crippen molar-refractivity contribution in [2.75, 3.05) is 39.5 Å². The molecule has 1 fully saturated rings. The molecule has 0 N–H and O–H groups in total. The van der Waals surface area contributed by atoms with E-state index in [2.05, 4.69) is 4.90 Å². The summed E-state index contributed by atoms with van der Waals surface area (Å²) in [5.74, 6) is 1.53. The number of hydrogen-bond donors (Lipinski definition) is 0. The molecule has 0 aliphatic carbocycles. The van der Waals surface area contributed by atoms with Gasteiger partial charge in [0.2, 0.25) is 6.79 Å². The van der Waals surface area contributed by atoms with Gasteiger partial charge in [0.05, 0.1) is 18.7 Å². The number of piperazine rings is 1. The molecule has 10 heteroatoms. The van der Waals surface area contributed by atoms with E-state index in [1.807, 2.05) is 59.0 Å². The second-order valence-corrected chi connectivity index (χ2v) is 10.9. The number of carbonyl (C=O) groups excluding carboxylic acids is 2. The highest BCUT2D eigenvalue weighted by molar-refractivity contribution is 5.94. The van der Waals surface area contributed by atoms with Crippen LogP contribution in [-0.2, 0) is 19.6 Å². The Bertz CT molecular complexity index is 1590. The first kappa shape index (κ1) is 28.5. The lowest BCUT2D eigenvalue weighted by Gasteiger charge is -2.34. The SMILES string of the molecule is CCCN(Cc1cccn1Cc1ccc(C(=O)N2CCN(Cc3ccc4c(c3)OCO4)CC2)o1)C(=O)c1ccccc1F. The van der Waals surface area contributed by atoms with Gasteiger partial charge >= 0.3 is 0 Å². The highest BCUT2D eigenvalue weighted by Crippen LogP contribution is 2.33. The van der Waals surface area contributed by atoms with Crippen LogP contribution in [0.25, 0.3) is 0 Å². The topological polar surface area (TPSA) is 80.4 Å². The van der Waals surface area contributed by atoms with Crippen molar-refractivity contribution < 1.29 is 27.9 Å². The van der Waals surface area contributed by atoms with Crippen molar-refractivity contribution in [1.29, 1.82) is 0 Å². The number of furan rings is 1. The van der Waals surface area contributed by atoms with Gasteiger partial charge in [-0.25, -0.2) is 4.39 Å². The largest absolute Gasteiger partial charge is 0.454 e. The van der Waals surface area contributed by atoms with Crippen LogP contribution in [0.3, 0.4) is 0 Å². The number of ether oxygens (including phenoxy) is 2. The minimum atomic E-state index is -0.525. The Balaban J connectivity index is 1.04. The Labute approximate surface area is 250 Å². The zero-order valence-corrected chi connectivity index (χ0v) is 24.2. The van der Waals surface area contributed by atoms with Gasteiger partial charge in [0.15, 0.2) is 17.3 Å². The third-order valence-corrected chi connectivity index (χ3v) is 7.86. The monoisotopic (exact) mass is 586 g/mol. The zero-order valence-electron chi connectivity index (χ0n) is 24.2. The van der Waals surface area contributed by atoms with Gasteiger partial charge in [-0.3, -0.25) is 14.5 Å². The summed E-state index contributed by atoms with van der Waals surface area (Å²) >= 11 is 0. The summed E-state index contributed by atoms with van der Waals surface area (Å²) in [5, 5.41) is 0. The Morgan fingerprint density at radius 3 is 2.53 bits per heavy atom. The van der Waals surface area contributed by atoms with E-state index in [1.165, 1.54) is 12.1 Å². The van der Waals surface area contributed by atoms with E-state index in [1.54, 1.807) is 23.1 Å². The summed E-state index contributed by atoms with van der Waals surface area (Å²) in [6.07, 6.45) is 2.66. The Hall–Kier alpha value is -4.57. The van der Waals surface area contributed by atoms with Crippen LogP contribution in [-0.4, -0.2) is 70.6 Å². The first-order chi connectivity index (χ1) is 21.0. The molecule has 0 atom stereocenters. The van der Waals surface area contributed by atoms with E-state index in [-0.39, 0.29) is 24.2 Å². The van der Waals surface area contributed by atoms with Crippen molar-refractivity contribution in [2.24, 2.45) is 0 Å². The quantitative estimate of drug-likeness (QED) is 0.260. The third-order valence-electron chi connectivity index (χ3n) is 7.86. The fourth-order valence-electron chi connectivity index (χ4n) is 5.58. The fraction of sp³-hybridized carbons (Fsp3) is 0.333. The molecule has 224 valence electrons. The molecule has 0 radical (unpaired) electrons. The van der Waals surface area contributed by atoms with Gasteiger partial charge in [-0.05, 0) is 60.5 Å². The average Bonchev–Trinajstić information content (AvgIpc) is 3.79. The number of fused-ring (bicyclic) bond motifs is 1. The van der Waals surface area contributed by atoms with Crippen molar-refractivity contribution in [2.45, 2.75) is 33.0 Å². The number of rotatable bonds is 10. The van der Waals surface area contributed by atoms with Gasteiger partial charge in [-0.15, -0.1) is 0 Å². The van der Waals surface area contributed by atoms with Crippen LogP contribution in [0.4, 0.5) is 4.39 Å². The molecule has 0 saturated carbocycles. The highest BCUT2D eigenvalue weighted by Gasteiger charge is 2.25. The second-order valence-electron chi connectivity index (χ2n) is 10.9. The van der Waals surface area contributed by atoms with Gasteiger partial charge in [0.1, 0.15) is 11.6 Å². The van der Waals surface area contributed by atoms with Gasteiger partial charge in [-0.1, -0.05) is 25.1 Å². The number of halogens is 1.